The fourth-order valence-corrected chi connectivity index (χ4v) is 2.69. The van der Waals surface area contributed by atoms with Crippen molar-refractivity contribution >= 4 is 23.4 Å². The van der Waals surface area contributed by atoms with Crippen molar-refractivity contribution in [3.05, 3.63) is 58.4 Å². The number of benzene rings is 2. The molecule has 27 heavy (non-hydrogen) atoms. The number of nitrogens with one attached hydrogen (secondary N) is 2. The SMILES string of the molecule is COc1ccc(OC)c(CCNC(=O)CNC(=O)c2c(F)cccc2Cl)c1. The lowest BCUT2D eigenvalue weighted by Crippen LogP contribution is -2.38. The Bertz CT molecular complexity index is 809. The second kappa shape index (κ2) is 9.78. The summed E-state index contributed by atoms with van der Waals surface area (Å²) in [5, 5.41) is 5.01. The standard InChI is InChI=1S/C19H20ClFN2O4/c1-26-13-6-7-16(27-2)12(10-13)8-9-22-17(24)11-23-19(25)18-14(20)4-3-5-15(18)21/h3-7,10H,8-9,11H2,1-2H3,(H,22,24)(H,23,25). The molecule has 0 fully saturated rings. The first-order chi connectivity index (χ1) is 13.0. The molecule has 2 rings (SSSR count). The average Bonchev–Trinajstić information content (AvgIpc) is 2.66. The number of methoxy groups -OCH3 is 2. The molecule has 0 saturated carbocycles. The van der Waals surface area contributed by atoms with Gasteiger partial charge in [0.25, 0.3) is 5.91 Å². The normalized spacial score (nSPS) is 10.2. The molecule has 2 amide bonds. The molecule has 0 atom stereocenters. The van der Waals surface area contributed by atoms with Crippen molar-refractivity contribution in [3.8, 4) is 11.5 Å². The smallest absolute Gasteiger partial charge is 0.256 e. The third kappa shape index (κ3) is 5.59. The predicted molar refractivity (Wildman–Crippen MR) is 100 cm³/mol. The lowest BCUT2D eigenvalue weighted by atomic mass is 10.1. The van der Waals surface area contributed by atoms with Crippen LogP contribution in [0.4, 0.5) is 4.39 Å². The van der Waals surface area contributed by atoms with Gasteiger partial charge in [-0.2, -0.15) is 0 Å². The number of amides is 2. The van der Waals surface area contributed by atoms with Crippen molar-refractivity contribution in [2.24, 2.45) is 0 Å². The summed E-state index contributed by atoms with van der Waals surface area (Å²) in [5.74, 6) is -0.523. The summed E-state index contributed by atoms with van der Waals surface area (Å²) < 4.78 is 24.1. The molecule has 0 heterocycles. The Morgan fingerprint density at radius 3 is 2.56 bits per heavy atom. The molecule has 0 bridgehead atoms. The van der Waals surface area contributed by atoms with Crippen molar-refractivity contribution in [1.82, 2.24) is 10.6 Å². The van der Waals surface area contributed by atoms with Gasteiger partial charge in [-0.25, -0.2) is 4.39 Å². The third-order valence-corrected chi connectivity index (χ3v) is 4.12. The molecule has 2 aromatic carbocycles. The van der Waals surface area contributed by atoms with Crippen LogP contribution in [0, 0.1) is 5.82 Å². The number of hydrogen-bond donors (Lipinski definition) is 2. The van der Waals surface area contributed by atoms with Gasteiger partial charge < -0.3 is 20.1 Å². The number of hydrogen-bond acceptors (Lipinski definition) is 4. The average molecular weight is 395 g/mol. The van der Waals surface area contributed by atoms with E-state index in [0.29, 0.717) is 24.5 Å². The molecule has 8 heteroatoms. The fourth-order valence-electron chi connectivity index (χ4n) is 2.44. The molecule has 0 aliphatic heterocycles. The summed E-state index contributed by atoms with van der Waals surface area (Å²) in [6.45, 7) is 0.0391. The number of rotatable bonds is 8. The Labute approximate surface area is 161 Å². The van der Waals surface area contributed by atoms with E-state index in [1.807, 2.05) is 6.07 Å². The summed E-state index contributed by atoms with van der Waals surface area (Å²) >= 11 is 5.82. The van der Waals surface area contributed by atoms with E-state index in [9.17, 15) is 14.0 Å². The van der Waals surface area contributed by atoms with Crippen molar-refractivity contribution in [1.29, 1.82) is 0 Å². The Morgan fingerprint density at radius 2 is 1.89 bits per heavy atom. The van der Waals surface area contributed by atoms with Gasteiger partial charge in [-0.3, -0.25) is 9.59 Å². The van der Waals surface area contributed by atoms with Crippen LogP contribution in [0.1, 0.15) is 15.9 Å². The summed E-state index contributed by atoms with van der Waals surface area (Å²) in [6.07, 6.45) is 0.513. The molecular formula is C19H20ClFN2O4. The Kier molecular flexibility index (Phi) is 7.43. The highest BCUT2D eigenvalue weighted by Crippen LogP contribution is 2.24. The highest BCUT2D eigenvalue weighted by Gasteiger charge is 2.16. The zero-order valence-electron chi connectivity index (χ0n) is 15.0. The van der Waals surface area contributed by atoms with Gasteiger partial charge in [0.1, 0.15) is 17.3 Å². The van der Waals surface area contributed by atoms with E-state index < -0.39 is 17.6 Å². The largest absolute Gasteiger partial charge is 0.497 e. The van der Waals surface area contributed by atoms with Crippen LogP contribution in [-0.4, -0.2) is 39.1 Å². The minimum absolute atomic E-state index is 0.0157. The Morgan fingerprint density at radius 1 is 1.11 bits per heavy atom. The zero-order valence-corrected chi connectivity index (χ0v) is 15.7. The van der Waals surface area contributed by atoms with Crippen molar-refractivity contribution in [3.63, 3.8) is 0 Å². The van der Waals surface area contributed by atoms with E-state index in [1.165, 1.54) is 12.1 Å². The van der Waals surface area contributed by atoms with E-state index in [-0.39, 0.29) is 17.1 Å². The predicted octanol–water partition coefficient (Wildman–Crippen LogP) is 2.58. The summed E-state index contributed by atoms with van der Waals surface area (Å²) in [6, 6.07) is 9.32. The lowest BCUT2D eigenvalue weighted by Gasteiger charge is -2.11. The van der Waals surface area contributed by atoms with Gasteiger partial charge in [0.2, 0.25) is 5.91 Å². The van der Waals surface area contributed by atoms with Crippen LogP contribution in [0.15, 0.2) is 36.4 Å². The molecule has 2 N–H and O–H groups in total. The van der Waals surface area contributed by atoms with Gasteiger partial charge in [0.15, 0.2) is 0 Å². The van der Waals surface area contributed by atoms with Crippen LogP contribution in [-0.2, 0) is 11.2 Å². The first kappa shape index (κ1) is 20.5. The second-order valence-corrected chi connectivity index (χ2v) is 5.96. The molecular weight excluding hydrogens is 375 g/mol. The highest BCUT2D eigenvalue weighted by molar-refractivity contribution is 6.33. The van der Waals surface area contributed by atoms with Crippen LogP contribution in [0.3, 0.4) is 0 Å². The minimum atomic E-state index is -0.747. The van der Waals surface area contributed by atoms with E-state index in [2.05, 4.69) is 10.6 Å². The van der Waals surface area contributed by atoms with Gasteiger partial charge in [0.05, 0.1) is 31.4 Å². The monoisotopic (exact) mass is 394 g/mol. The molecule has 144 valence electrons. The molecule has 6 nitrogen and oxygen atoms in total. The topological polar surface area (TPSA) is 76.7 Å². The molecule has 0 unspecified atom stereocenters. The Balaban J connectivity index is 1.84. The second-order valence-electron chi connectivity index (χ2n) is 5.56. The van der Waals surface area contributed by atoms with Crippen LogP contribution in [0.25, 0.3) is 0 Å². The maximum Gasteiger partial charge on any atom is 0.256 e. The first-order valence-electron chi connectivity index (χ1n) is 8.16. The number of carbonyl (C=O) groups is 2. The summed E-state index contributed by atoms with van der Waals surface area (Å²) in [7, 11) is 3.13. The highest BCUT2D eigenvalue weighted by atomic mass is 35.5. The molecule has 0 radical (unpaired) electrons. The maximum atomic E-state index is 13.7. The van der Waals surface area contributed by atoms with Crippen LogP contribution < -0.4 is 20.1 Å². The van der Waals surface area contributed by atoms with Gasteiger partial charge in [-0.1, -0.05) is 17.7 Å². The maximum absolute atomic E-state index is 13.7. The summed E-state index contributed by atoms with van der Waals surface area (Å²) in [5.41, 5.74) is 0.590. The van der Waals surface area contributed by atoms with E-state index in [0.717, 1.165) is 11.6 Å². The number of carbonyl (C=O) groups excluding carboxylic acids is 2. The molecule has 0 aliphatic carbocycles. The molecule has 0 aliphatic rings. The van der Waals surface area contributed by atoms with Crippen molar-refractivity contribution in [2.45, 2.75) is 6.42 Å². The fraction of sp³-hybridized carbons (Fsp3) is 0.263. The van der Waals surface area contributed by atoms with E-state index in [4.69, 9.17) is 21.1 Å². The van der Waals surface area contributed by atoms with Gasteiger partial charge in [-0.05, 0) is 42.3 Å². The first-order valence-corrected chi connectivity index (χ1v) is 8.54. The molecule has 0 aromatic heterocycles. The summed E-state index contributed by atoms with van der Waals surface area (Å²) in [4.78, 5) is 23.9. The third-order valence-electron chi connectivity index (χ3n) is 3.80. The van der Waals surface area contributed by atoms with Crippen molar-refractivity contribution < 1.29 is 23.5 Å². The zero-order chi connectivity index (χ0) is 19.8. The number of ether oxygens (including phenoxy) is 2. The Hall–Kier alpha value is -2.80. The lowest BCUT2D eigenvalue weighted by molar-refractivity contribution is -0.120. The van der Waals surface area contributed by atoms with Gasteiger partial charge in [0, 0.05) is 6.54 Å². The molecule has 0 spiro atoms. The number of halogens is 2. The van der Waals surface area contributed by atoms with Crippen LogP contribution in [0.5, 0.6) is 11.5 Å². The quantitative estimate of drug-likeness (QED) is 0.721. The van der Waals surface area contributed by atoms with Crippen LogP contribution in [0.2, 0.25) is 5.02 Å². The van der Waals surface area contributed by atoms with E-state index in [1.54, 1.807) is 26.4 Å². The molecule has 0 saturated heterocycles. The van der Waals surface area contributed by atoms with E-state index >= 15 is 0 Å². The van der Waals surface area contributed by atoms with Crippen molar-refractivity contribution in [2.75, 3.05) is 27.3 Å². The van der Waals surface area contributed by atoms with Crippen LogP contribution >= 0.6 is 11.6 Å². The molecule has 2 aromatic rings. The van der Waals surface area contributed by atoms with Gasteiger partial charge in [-0.15, -0.1) is 0 Å². The van der Waals surface area contributed by atoms with Gasteiger partial charge >= 0.3 is 0 Å². The minimum Gasteiger partial charge on any atom is -0.497 e.